The first-order valence-corrected chi connectivity index (χ1v) is 8.69. The van der Waals surface area contributed by atoms with Gasteiger partial charge in [-0.1, -0.05) is 46.2 Å². The summed E-state index contributed by atoms with van der Waals surface area (Å²) >= 11 is 9.41. The Hall–Kier alpha value is -2.31. The summed E-state index contributed by atoms with van der Waals surface area (Å²) in [4.78, 5) is 24.7. The van der Waals surface area contributed by atoms with Crippen LogP contribution in [-0.4, -0.2) is 11.9 Å². The third kappa shape index (κ3) is 4.03. The topological polar surface area (TPSA) is 70.2 Å². The van der Waals surface area contributed by atoms with Crippen LogP contribution in [-0.2, 0) is 4.79 Å². The molecule has 3 rings (SSSR count). The second-order valence-corrected chi connectivity index (χ2v) is 6.98. The molecule has 0 saturated carbocycles. The molecule has 0 radical (unpaired) electrons. The van der Waals surface area contributed by atoms with Gasteiger partial charge in [0, 0.05) is 20.9 Å². The number of rotatable bonds is 3. The Morgan fingerprint density at radius 2 is 1.92 bits per heavy atom. The van der Waals surface area contributed by atoms with Gasteiger partial charge in [-0.25, -0.2) is 4.79 Å². The Morgan fingerprint density at radius 3 is 2.60 bits per heavy atom. The fraction of sp³-hybridized carbons (Fsp3) is 0.111. The average molecular weight is 421 g/mol. The summed E-state index contributed by atoms with van der Waals surface area (Å²) in [5.74, 6) is -0.954. The van der Waals surface area contributed by atoms with E-state index in [1.165, 1.54) is 0 Å². The molecule has 2 atom stereocenters. The van der Waals surface area contributed by atoms with Crippen LogP contribution in [0.5, 0.6) is 0 Å². The molecular weight excluding hydrogens is 406 g/mol. The van der Waals surface area contributed by atoms with Crippen molar-refractivity contribution in [3.05, 3.63) is 75.9 Å². The Labute approximate surface area is 158 Å². The third-order valence-electron chi connectivity index (χ3n) is 3.87. The lowest BCUT2D eigenvalue weighted by atomic mass is 9.88. The first-order chi connectivity index (χ1) is 11.9. The molecule has 1 aliphatic heterocycles. The second kappa shape index (κ2) is 7.29. The number of urea groups is 1. The van der Waals surface area contributed by atoms with Crippen LogP contribution < -0.4 is 16.0 Å². The molecule has 0 unspecified atom stereocenters. The highest BCUT2D eigenvalue weighted by Crippen LogP contribution is 2.31. The van der Waals surface area contributed by atoms with E-state index in [9.17, 15) is 9.59 Å². The molecule has 1 saturated heterocycles. The number of hydrogen-bond acceptors (Lipinski definition) is 2. The van der Waals surface area contributed by atoms with E-state index in [1.807, 2.05) is 18.2 Å². The summed E-state index contributed by atoms with van der Waals surface area (Å²) in [7, 11) is 0. The Bertz CT molecular complexity index is 838. The summed E-state index contributed by atoms with van der Waals surface area (Å²) in [6.07, 6.45) is 0. The van der Waals surface area contributed by atoms with E-state index in [0.29, 0.717) is 16.4 Å². The first kappa shape index (κ1) is 17.5. The van der Waals surface area contributed by atoms with Gasteiger partial charge in [0.2, 0.25) is 5.91 Å². The molecule has 3 amide bonds. The number of hydrogen-bond donors (Lipinski definition) is 3. The average Bonchev–Trinajstić information content (AvgIpc) is 2.56. The minimum absolute atomic E-state index is 0.273. The van der Waals surface area contributed by atoms with Crippen LogP contribution in [0.25, 0.3) is 0 Å². The lowest BCUT2D eigenvalue weighted by molar-refractivity contribution is -0.119. The van der Waals surface area contributed by atoms with E-state index in [2.05, 4.69) is 38.5 Å². The van der Waals surface area contributed by atoms with E-state index >= 15 is 0 Å². The first-order valence-electron chi connectivity index (χ1n) is 7.52. The van der Waals surface area contributed by atoms with Crippen LogP contribution in [0.4, 0.5) is 10.5 Å². The monoisotopic (exact) mass is 419 g/mol. The van der Waals surface area contributed by atoms with Gasteiger partial charge in [0.05, 0.1) is 6.04 Å². The third-order valence-corrected chi connectivity index (χ3v) is 4.64. The maximum absolute atomic E-state index is 12.8. The van der Waals surface area contributed by atoms with Crippen LogP contribution in [0.1, 0.15) is 11.6 Å². The molecule has 0 aliphatic carbocycles. The molecule has 1 heterocycles. The van der Waals surface area contributed by atoms with Crippen LogP contribution in [0.2, 0.25) is 5.02 Å². The molecule has 7 heteroatoms. The fourth-order valence-corrected chi connectivity index (χ4v) is 3.19. The van der Waals surface area contributed by atoms with Crippen molar-refractivity contribution >= 4 is 45.2 Å². The maximum Gasteiger partial charge on any atom is 0.319 e. The van der Waals surface area contributed by atoms with Crippen molar-refractivity contribution in [1.82, 2.24) is 10.6 Å². The van der Waals surface area contributed by atoms with Crippen LogP contribution in [0.15, 0.2) is 65.3 Å². The summed E-state index contributed by atoms with van der Waals surface area (Å²) in [5.41, 5.74) is 1.73. The van der Waals surface area contributed by atoms with Gasteiger partial charge in [0.15, 0.2) is 0 Å². The van der Waals surface area contributed by atoms with Gasteiger partial charge in [-0.3, -0.25) is 4.79 Å². The SMILES string of the molecule is C=C1NC(=O)N[C@H](c2cccc(Cl)c2)[C@@H]1C(=O)Nc1ccc(Br)cc1. The molecule has 0 spiro atoms. The molecular formula is C18H15BrClN3O2. The molecule has 2 aromatic carbocycles. The lowest BCUT2D eigenvalue weighted by Crippen LogP contribution is -2.51. The molecule has 128 valence electrons. The Kier molecular flexibility index (Phi) is 5.11. The van der Waals surface area contributed by atoms with Gasteiger partial charge in [-0.15, -0.1) is 0 Å². The van der Waals surface area contributed by atoms with Crippen molar-refractivity contribution in [2.45, 2.75) is 6.04 Å². The van der Waals surface area contributed by atoms with Crippen molar-refractivity contribution in [2.75, 3.05) is 5.32 Å². The zero-order chi connectivity index (χ0) is 18.0. The van der Waals surface area contributed by atoms with Gasteiger partial charge >= 0.3 is 6.03 Å². The predicted octanol–water partition coefficient (Wildman–Crippen LogP) is 4.23. The normalized spacial score (nSPS) is 19.8. The molecule has 5 nitrogen and oxygen atoms in total. The van der Waals surface area contributed by atoms with Crippen molar-refractivity contribution in [3.63, 3.8) is 0 Å². The quantitative estimate of drug-likeness (QED) is 0.695. The van der Waals surface area contributed by atoms with Gasteiger partial charge in [0.1, 0.15) is 5.92 Å². The lowest BCUT2D eigenvalue weighted by Gasteiger charge is -2.34. The largest absolute Gasteiger partial charge is 0.330 e. The number of carbonyl (C=O) groups excluding carboxylic acids is 2. The van der Waals surface area contributed by atoms with E-state index in [4.69, 9.17) is 11.6 Å². The van der Waals surface area contributed by atoms with Gasteiger partial charge in [-0.05, 0) is 42.0 Å². The van der Waals surface area contributed by atoms with E-state index in [0.717, 1.165) is 10.0 Å². The number of carbonyl (C=O) groups is 2. The minimum atomic E-state index is -0.681. The molecule has 0 bridgehead atoms. The highest BCUT2D eigenvalue weighted by Gasteiger charge is 2.37. The zero-order valence-corrected chi connectivity index (χ0v) is 15.4. The minimum Gasteiger partial charge on any atom is -0.330 e. The number of anilines is 1. The van der Waals surface area contributed by atoms with E-state index < -0.39 is 18.0 Å². The number of amides is 3. The summed E-state index contributed by atoms with van der Waals surface area (Å²) in [5, 5.41) is 8.74. The predicted molar refractivity (Wildman–Crippen MR) is 101 cm³/mol. The highest BCUT2D eigenvalue weighted by atomic mass is 79.9. The number of nitrogens with one attached hydrogen (secondary N) is 3. The van der Waals surface area contributed by atoms with Gasteiger partial charge in [-0.2, -0.15) is 0 Å². The van der Waals surface area contributed by atoms with Crippen molar-refractivity contribution in [2.24, 2.45) is 5.92 Å². The second-order valence-electron chi connectivity index (χ2n) is 5.63. The molecule has 1 aliphatic rings. The van der Waals surface area contributed by atoms with E-state index in [-0.39, 0.29) is 5.91 Å². The van der Waals surface area contributed by atoms with Gasteiger partial charge < -0.3 is 16.0 Å². The Morgan fingerprint density at radius 1 is 1.20 bits per heavy atom. The number of benzene rings is 2. The van der Waals surface area contributed by atoms with E-state index in [1.54, 1.807) is 30.3 Å². The summed E-state index contributed by atoms with van der Waals surface area (Å²) in [6, 6.07) is 13.3. The molecule has 1 fully saturated rings. The van der Waals surface area contributed by atoms with Gasteiger partial charge in [0.25, 0.3) is 0 Å². The standard InChI is InChI=1S/C18H15BrClN3O2/c1-10-15(17(24)22-14-7-5-12(19)6-8-14)16(23-18(25)21-10)11-3-2-4-13(20)9-11/h2-9,15-16H,1H2,(H,22,24)(H2,21,23,25)/t15-,16-/m1/s1. The zero-order valence-electron chi connectivity index (χ0n) is 13.1. The highest BCUT2D eigenvalue weighted by molar-refractivity contribution is 9.10. The van der Waals surface area contributed by atoms with Crippen LogP contribution in [0.3, 0.4) is 0 Å². The Balaban J connectivity index is 1.89. The van der Waals surface area contributed by atoms with Crippen molar-refractivity contribution in [1.29, 1.82) is 0 Å². The van der Waals surface area contributed by atoms with Crippen molar-refractivity contribution < 1.29 is 9.59 Å². The molecule has 3 N–H and O–H groups in total. The summed E-state index contributed by atoms with van der Waals surface area (Å²) < 4.78 is 0.915. The smallest absolute Gasteiger partial charge is 0.319 e. The molecule has 0 aromatic heterocycles. The molecule has 25 heavy (non-hydrogen) atoms. The maximum atomic E-state index is 12.8. The summed E-state index contributed by atoms with van der Waals surface area (Å²) in [6.45, 7) is 3.85. The van der Waals surface area contributed by atoms with Crippen LogP contribution in [0, 0.1) is 5.92 Å². The fourth-order valence-electron chi connectivity index (χ4n) is 2.72. The number of halogens is 2. The molecule has 2 aromatic rings. The van der Waals surface area contributed by atoms with Crippen LogP contribution >= 0.6 is 27.5 Å². The van der Waals surface area contributed by atoms with Crippen molar-refractivity contribution in [3.8, 4) is 0 Å².